The fourth-order valence-electron chi connectivity index (χ4n) is 2.02. The van der Waals surface area contributed by atoms with Gasteiger partial charge in [-0.25, -0.2) is 0 Å². The molecule has 0 aliphatic heterocycles. The molecule has 1 atom stereocenters. The monoisotopic (exact) mass is 276 g/mol. The normalized spacial score (nSPS) is 13.2. The maximum Gasteiger partial charge on any atom is 0.234 e. The van der Waals surface area contributed by atoms with Crippen molar-refractivity contribution in [3.63, 3.8) is 0 Å². The summed E-state index contributed by atoms with van der Waals surface area (Å²) in [6.45, 7) is 5.13. The Morgan fingerprint density at radius 2 is 2.26 bits per heavy atom. The Kier molecular flexibility index (Phi) is 3.29. The molecule has 1 unspecified atom stereocenters. The highest BCUT2D eigenvalue weighted by atomic mass is 32.1. The molecular weight excluding hydrogens is 260 g/mol. The Morgan fingerprint density at radius 1 is 1.37 bits per heavy atom. The first-order valence-corrected chi connectivity index (χ1v) is 7.28. The van der Waals surface area contributed by atoms with E-state index in [2.05, 4.69) is 34.2 Å². The Hall–Kier alpha value is -1.76. The van der Waals surface area contributed by atoms with Crippen molar-refractivity contribution in [2.75, 3.05) is 0 Å². The summed E-state index contributed by atoms with van der Waals surface area (Å²) in [7, 11) is 0. The van der Waals surface area contributed by atoms with Gasteiger partial charge in [0, 0.05) is 31.3 Å². The van der Waals surface area contributed by atoms with E-state index < -0.39 is 0 Å². The molecule has 3 rings (SSSR count). The lowest BCUT2D eigenvalue weighted by Crippen LogP contribution is -2.07. The lowest BCUT2D eigenvalue weighted by molar-refractivity contribution is 0.536. The lowest BCUT2D eigenvalue weighted by Gasteiger charge is -2.07. The van der Waals surface area contributed by atoms with Crippen molar-refractivity contribution in [1.29, 1.82) is 0 Å². The summed E-state index contributed by atoms with van der Waals surface area (Å²) < 4.78 is 3.81. The first kappa shape index (κ1) is 12.3. The van der Waals surface area contributed by atoms with Crippen LogP contribution in [0.1, 0.15) is 37.0 Å². The molecule has 19 heavy (non-hydrogen) atoms. The van der Waals surface area contributed by atoms with Gasteiger partial charge in [0.15, 0.2) is 5.82 Å². The molecule has 0 aromatic carbocycles. The summed E-state index contributed by atoms with van der Waals surface area (Å²) in [5, 5.41) is 18.3. The predicted molar refractivity (Wildman–Crippen MR) is 73.3 cm³/mol. The molecule has 0 spiro atoms. The zero-order chi connectivity index (χ0) is 13.2. The minimum Gasteiger partial charge on any atom is -0.272 e. The van der Waals surface area contributed by atoms with Gasteiger partial charge in [0.2, 0.25) is 4.96 Å². The van der Waals surface area contributed by atoms with Gasteiger partial charge < -0.3 is 0 Å². The average molecular weight is 276 g/mol. The van der Waals surface area contributed by atoms with Crippen molar-refractivity contribution in [2.24, 2.45) is 0 Å². The van der Waals surface area contributed by atoms with Gasteiger partial charge in [0.25, 0.3) is 0 Å². The Balaban J connectivity index is 1.84. The first-order chi connectivity index (χ1) is 9.28. The Bertz CT molecular complexity index is 653. The predicted octanol–water partition coefficient (Wildman–Crippen LogP) is 2.14. The average Bonchev–Trinajstić information content (AvgIpc) is 3.07. The highest BCUT2D eigenvalue weighted by Crippen LogP contribution is 2.23. The van der Waals surface area contributed by atoms with E-state index in [1.807, 2.05) is 21.5 Å². The van der Waals surface area contributed by atoms with Crippen LogP contribution in [-0.4, -0.2) is 29.6 Å². The fraction of sp³-hybridized carbons (Fsp3) is 0.500. The van der Waals surface area contributed by atoms with Gasteiger partial charge in [0.1, 0.15) is 5.01 Å². The van der Waals surface area contributed by atoms with Crippen LogP contribution >= 0.6 is 11.3 Å². The molecule has 0 saturated carbocycles. The van der Waals surface area contributed by atoms with Crippen LogP contribution in [0.2, 0.25) is 0 Å². The second kappa shape index (κ2) is 5.08. The Morgan fingerprint density at radius 3 is 3.00 bits per heavy atom. The molecule has 0 N–H and O–H groups in total. The van der Waals surface area contributed by atoms with Crippen LogP contribution < -0.4 is 0 Å². The zero-order valence-corrected chi connectivity index (χ0v) is 11.8. The molecule has 0 aliphatic carbocycles. The van der Waals surface area contributed by atoms with Crippen LogP contribution in [0, 0.1) is 0 Å². The highest BCUT2D eigenvalue weighted by molar-refractivity contribution is 7.16. The maximum absolute atomic E-state index is 4.64. The number of hydrogen-bond donors (Lipinski definition) is 0. The van der Waals surface area contributed by atoms with E-state index in [1.165, 1.54) is 0 Å². The molecule has 0 amide bonds. The molecule has 3 aromatic heterocycles. The maximum atomic E-state index is 4.64. The number of hydrogen-bond acceptors (Lipinski definition) is 5. The summed E-state index contributed by atoms with van der Waals surface area (Å²) in [6, 6.07) is 1.94. The van der Waals surface area contributed by atoms with E-state index in [1.54, 1.807) is 17.5 Å². The smallest absolute Gasteiger partial charge is 0.234 e. The van der Waals surface area contributed by atoms with Crippen LogP contribution in [0.25, 0.3) is 4.96 Å². The first-order valence-electron chi connectivity index (χ1n) is 6.46. The standard InChI is InChI=1S/C12H16N6S/c1-3-5-10-14-15-12-18(10)16-11(19-12)9(2)8-17-7-4-6-13-17/h4,6-7,9H,3,5,8H2,1-2H3. The fourth-order valence-corrected chi connectivity index (χ4v) is 2.92. The van der Waals surface area contributed by atoms with Crippen molar-refractivity contribution in [1.82, 2.24) is 29.6 Å². The molecule has 0 bridgehead atoms. The number of nitrogens with zero attached hydrogens (tertiary/aromatic N) is 6. The van der Waals surface area contributed by atoms with Crippen LogP contribution in [0.3, 0.4) is 0 Å². The van der Waals surface area contributed by atoms with Gasteiger partial charge >= 0.3 is 0 Å². The van der Waals surface area contributed by atoms with Crippen molar-refractivity contribution in [3.8, 4) is 0 Å². The van der Waals surface area contributed by atoms with Gasteiger partial charge in [-0.3, -0.25) is 4.68 Å². The molecule has 0 saturated heterocycles. The van der Waals surface area contributed by atoms with E-state index in [0.29, 0.717) is 5.92 Å². The topological polar surface area (TPSA) is 60.9 Å². The summed E-state index contributed by atoms with van der Waals surface area (Å²) in [5.41, 5.74) is 0. The van der Waals surface area contributed by atoms with Crippen LogP contribution in [-0.2, 0) is 13.0 Å². The van der Waals surface area contributed by atoms with Crippen LogP contribution in [0.15, 0.2) is 18.5 Å². The quantitative estimate of drug-likeness (QED) is 0.716. The largest absolute Gasteiger partial charge is 0.272 e. The second-order valence-electron chi connectivity index (χ2n) is 4.63. The van der Waals surface area contributed by atoms with E-state index in [9.17, 15) is 0 Å². The molecule has 6 nitrogen and oxygen atoms in total. The molecule has 100 valence electrons. The third kappa shape index (κ3) is 2.37. The zero-order valence-electron chi connectivity index (χ0n) is 11.0. The number of rotatable bonds is 5. The van der Waals surface area contributed by atoms with E-state index >= 15 is 0 Å². The third-order valence-electron chi connectivity index (χ3n) is 2.99. The Labute approximate surface area is 115 Å². The lowest BCUT2D eigenvalue weighted by atomic mass is 10.2. The highest BCUT2D eigenvalue weighted by Gasteiger charge is 2.16. The van der Waals surface area contributed by atoms with E-state index in [4.69, 9.17) is 0 Å². The molecule has 0 fully saturated rings. The van der Waals surface area contributed by atoms with E-state index in [-0.39, 0.29) is 0 Å². The van der Waals surface area contributed by atoms with Crippen molar-refractivity contribution >= 4 is 16.3 Å². The second-order valence-corrected chi connectivity index (χ2v) is 5.62. The van der Waals surface area contributed by atoms with E-state index in [0.717, 1.165) is 35.2 Å². The van der Waals surface area contributed by atoms with Crippen LogP contribution in [0.4, 0.5) is 0 Å². The van der Waals surface area contributed by atoms with Gasteiger partial charge in [-0.2, -0.15) is 14.7 Å². The molecule has 7 heteroatoms. The molecule has 3 heterocycles. The van der Waals surface area contributed by atoms with Gasteiger partial charge in [-0.05, 0) is 12.5 Å². The SMILES string of the molecule is CCCc1nnc2sc(C(C)Cn3cccn3)nn12. The summed E-state index contributed by atoms with van der Waals surface area (Å²) in [5.74, 6) is 1.27. The van der Waals surface area contributed by atoms with Gasteiger partial charge in [0.05, 0.1) is 0 Å². The molecule has 0 radical (unpaired) electrons. The molecular formula is C12H16N6S. The minimum absolute atomic E-state index is 0.320. The summed E-state index contributed by atoms with van der Waals surface area (Å²) in [4.78, 5) is 0.880. The number of aromatic nitrogens is 6. The van der Waals surface area contributed by atoms with Gasteiger partial charge in [-0.15, -0.1) is 10.2 Å². The van der Waals surface area contributed by atoms with Crippen LogP contribution in [0.5, 0.6) is 0 Å². The number of aryl methyl sites for hydroxylation is 1. The van der Waals surface area contributed by atoms with Crippen molar-refractivity contribution < 1.29 is 0 Å². The summed E-state index contributed by atoms with van der Waals surface area (Å²) >= 11 is 1.61. The molecule has 0 aliphatic rings. The third-order valence-corrected chi connectivity index (χ3v) is 4.12. The summed E-state index contributed by atoms with van der Waals surface area (Å²) in [6.07, 6.45) is 5.73. The molecule has 3 aromatic rings. The number of fused-ring (bicyclic) bond motifs is 1. The van der Waals surface area contributed by atoms with Crippen molar-refractivity contribution in [2.45, 2.75) is 39.2 Å². The minimum atomic E-state index is 0.320. The van der Waals surface area contributed by atoms with Crippen molar-refractivity contribution in [3.05, 3.63) is 29.3 Å². The van der Waals surface area contributed by atoms with Gasteiger partial charge in [-0.1, -0.05) is 25.2 Å².